The summed E-state index contributed by atoms with van der Waals surface area (Å²) in [7, 11) is 0. The second kappa shape index (κ2) is 6.34. The van der Waals surface area contributed by atoms with Gasteiger partial charge >= 0.3 is 12.1 Å². The maximum atomic E-state index is 12.8. The molecular formula is C14H16F3NO3. The zero-order chi connectivity index (χ0) is 15.5. The molecule has 7 heteroatoms. The van der Waals surface area contributed by atoms with E-state index in [-0.39, 0.29) is 5.69 Å². The predicted octanol–water partition coefficient (Wildman–Crippen LogP) is 3.24. The SMILES string of the molecule is O=C(O)c1ccc(NCCOCC2CC2)cc1C(F)(F)F. The van der Waals surface area contributed by atoms with E-state index in [9.17, 15) is 18.0 Å². The summed E-state index contributed by atoms with van der Waals surface area (Å²) >= 11 is 0. The number of rotatable bonds is 7. The first-order valence-electron chi connectivity index (χ1n) is 6.64. The van der Waals surface area contributed by atoms with Crippen molar-refractivity contribution in [3.63, 3.8) is 0 Å². The Morgan fingerprint density at radius 2 is 2.10 bits per heavy atom. The highest BCUT2D eigenvalue weighted by atomic mass is 19.4. The van der Waals surface area contributed by atoms with Crippen LogP contribution in [-0.4, -0.2) is 30.8 Å². The summed E-state index contributed by atoms with van der Waals surface area (Å²) in [5.74, 6) is -0.960. The number of alkyl halides is 3. The van der Waals surface area contributed by atoms with E-state index in [1.165, 1.54) is 18.9 Å². The molecule has 0 unspecified atom stereocenters. The summed E-state index contributed by atoms with van der Waals surface area (Å²) in [4.78, 5) is 10.8. The zero-order valence-electron chi connectivity index (χ0n) is 11.2. The summed E-state index contributed by atoms with van der Waals surface area (Å²) in [5, 5.41) is 11.6. The molecule has 1 saturated carbocycles. The second-order valence-corrected chi connectivity index (χ2v) is 5.01. The lowest BCUT2D eigenvalue weighted by Gasteiger charge is -2.13. The number of halogens is 3. The number of anilines is 1. The third-order valence-corrected chi connectivity index (χ3v) is 3.18. The third-order valence-electron chi connectivity index (χ3n) is 3.18. The van der Waals surface area contributed by atoms with Crippen LogP contribution in [0.2, 0.25) is 0 Å². The summed E-state index contributed by atoms with van der Waals surface area (Å²) in [6, 6.07) is 3.09. The summed E-state index contributed by atoms with van der Waals surface area (Å²) in [6.45, 7) is 1.46. The highest BCUT2D eigenvalue weighted by molar-refractivity contribution is 5.90. The molecule has 1 aromatic rings. The molecule has 1 aliphatic rings. The number of ether oxygens (including phenoxy) is 1. The fraction of sp³-hybridized carbons (Fsp3) is 0.500. The first-order chi connectivity index (χ1) is 9.88. The Morgan fingerprint density at radius 3 is 2.67 bits per heavy atom. The first kappa shape index (κ1) is 15.6. The monoisotopic (exact) mass is 303 g/mol. The minimum atomic E-state index is -4.70. The van der Waals surface area contributed by atoms with Gasteiger partial charge in [-0.25, -0.2) is 4.79 Å². The average Bonchev–Trinajstić information content (AvgIpc) is 3.21. The van der Waals surface area contributed by atoms with E-state index in [0.717, 1.165) is 12.1 Å². The van der Waals surface area contributed by atoms with Gasteiger partial charge in [-0.15, -0.1) is 0 Å². The van der Waals surface area contributed by atoms with Crippen LogP contribution in [0.4, 0.5) is 18.9 Å². The van der Waals surface area contributed by atoms with E-state index in [4.69, 9.17) is 9.84 Å². The van der Waals surface area contributed by atoms with Crippen molar-refractivity contribution in [3.8, 4) is 0 Å². The molecule has 0 atom stereocenters. The highest BCUT2D eigenvalue weighted by Crippen LogP contribution is 2.34. The van der Waals surface area contributed by atoms with E-state index >= 15 is 0 Å². The van der Waals surface area contributed by atoms with E-state index in [1.54, 1.807) is 0 Å². The molecule has 0 bridgehead atoms. The Bertz CT molecular complexity index is 513. The van der Waals surface area contributed by atoms with Crippen molar-refractivity contribution < 1.29 is 27.8 Å². The Morgan fingerprint density at radius 1 is 1.38 bits per heavy atom. The number of aromatic carboxylic acids is 1. The molecule has 2 rings (SSSR count). The van der Waals surface area contributed by atoms with Gasteiger partial charge < -0.3 is 15.2 Å². The first-order valence-corrected chi connectivity index (χ1v) is 6.64. The zero-order valence-corrected chi connectivity index (χ0v) is 11.2. The molecular weight excluding hydrogens is 287 g/mol. The number of carbonyl (C=O) groups is 1. The number of nitrogens with one attached hydrogen (secondary N) is 1. The molecule has 0 spiro atoms. The number of hydrogen-bond acceptors (Lipinski definition) is 3. The second-order valence-electron chi connectivity index (χ2n) is 5.01. The van der Waals surface area contributed by atoms with E-state index in [0.29, 0.717) is 25.7 Å². The third kappa shape index (κ3) is 4.63. The van der Waals surface area contributed by atoms with E-state index in [2.05, 4.69) is 5.32 Å². The maximum Gasteiger partial charge on any atom is 0.417 e. The molecule has 1 aromatic carbocycles. The van der Waals surface area contributed by atoms with Crippen LogP contribution < -0.4 is 5.32 Å². The highest BCUT2D eigenvalue weighted by Gasteiger charge is 2.35. The smallest absolute Gasteiger partial charge is 0.417 e. The number of hydrogen-bond donors (Lipinski definition) is 2. The van der Waals surface area contributed by atoms with Crippen molar-refractivity contribution in [1.82, 2.24) is 0 Å². The van der Waals surface area contributed by atoms with Crippen molar-refractivity contribution in [1.29, 1.82) is 0 Å². The molecule has 2 N–H and O–H groups in total. The molecule has 0 heterocycles. The topological polar surface area (TPSA) is 58.6 Å². The molecule has 21 heavy (non-hydrogen) atoms. The van der Waals surface area contributed by atoms with Crippen LogP contribution in [0.25, 0.3) is 0 Å². The van der Waals surface area contributed by atoms with Gasteiger partial charge in [0.15, 0.2) is 0 Å². The van der Waals surface area contributed by atoms with Gasteiger partial charge in [-0.2, -0.15) is 13.2 Å². The summed E-state index contributed by atoms with van der Waals surface area (Å²) in [6.07, 6.45) is -2.34. The lowest BCUT2D eigenvalue weighted by atomic mass is 10.1. The largest absolute Gasteiger partial charge is 0.478 e. The molecule has 0 amide bonds. The van der Waals surface area contributed by atoms with Crippen LogP contribution >= 0.6 is 0 Å². The Kier molecular flexibility index (Phi) is 4.72. The van der Waals surface area contributed by atoms with Crippen molar-refractivity contribution in [2.45, 2.75) is 19.0 Å². The van der Waals surface area contributed by atoms with Gasteiger partial charge in [0.1, 0.15) is 0 Å². The lowest BCUT2D eigenvalue weighted by Crippen LogP contribution is -2.15. The van der Waals surface area contributed by atoms with E-state index in [1.807, 2.05) is 0 Å². The minimum Gasteiger partial charge on any atom is -0.478 e. The fourth-order valence-corrected chi connectivity index (χ4v) is 1.88. The minimum absolute atomic E-state index is 0.224. The van der Waals surface area contributed by atoms with Gasteiger partial charge in [-0.1, -0.05) is 0 Å². The number of carboxylic acid groups (broad SMARTS) is 1. The fourth-order valence-electron chi connectivity index (χ4n) is 1.88. The normalized spacial score (nSPS) is 15.0. The van der Waals surface area contributed by atoms with Gasteiger partial charge in [0, 0.05) is 18.8 Å². The average molecular weight is 303 g/mol. The van der Waals surface area contributed by atoms with Crippen molar-refractivity contribution in [3.05, 3.63) is 29.3 Å². The van der Waals surface area contributed by atoms with Crippen molar-refractivity contribution in [2.75, 3.05) is 25.1 Å². The standard InChI is InChI=1S/C14H16F3NO3/c15-14(16,17)12-7-10(3-4-11(12)13(19)20)18-5-6-21-8-9-1-2-9/h3-4,7,9,18H,1-2,5-6,8H2,(H,19,20). The maximum absolute atomic E-state index is 12.8. The van der Waals surface area contributed by atoms with E-state index < -0.39 is 23.3 Å². The summed E-state index contributed by atoms with van der Waals surface area (Å²) in [5.41, 5.74) is -1.68. The molecule has 0 aromatic heterocycles. The van der Waals surface area contributed by atoms with Gasteiger partial charge in [-0.05, 0) is 37.0 Å². The Labute approximate surface area is 119 Å². The summed E-state index contributed by atoms with van der Waals surface area (Å²) < 4.78 is 43.8. The Hall–Kier alpha value is -1.76. The molecule has 0 radical (unpaired) electrons. The van der Waals surface area contributed by atoms with Crippen molar-refractivity contribution in [2.24, 2.45) is 5.92 Å². The van der Waals surface area contributed by atoms with Crippen LogP contribution in [0.15, 0.2) is 18.2 Å². The van der Waals surface area contributed by atoms with Crippen LogP contribution in [0.3, 0.4) is 0 Å². The van der Waals surface area contributed by atoms with Crippen LogP contribution in [0.1, 0.15) is 28.8 Å². The van der Waals surface area contributed by atoms with Crippen LogP contribution in [0, 0.1) is 5.92 Å². The molecule has 1 aliphatic carbocycles. The lowest BCUT2D eigenvalue weighted by molar-refractivity contribution is -0.138. The molecule has 0 aliphatic heterocycles. The Balaban J connectivity index is 1.94. The molecule has 4 nitrogen and oxygen atoms in total. The quantitative estimate of drug-likeness (QED) is 0.759. The number of benzene rings is 1. The van der Waals surface area contributed by atoms with Crippen LogP contribution in [-0.2, 0) is 10.9 Å². The van der Waals surface area contributed by atoms with Crippen molar-refractivity contribution >= 4 is 11.7 Å². The predicted molar refractivity (Wildman–Crippen MR) is 70.4 cm³/mol. The van der Waals surface area contributed by atoms with Gasteiger partial charge in [-0.3, -0.25) is 0 Å². The van der Waals surface area contributed by atoms with Crippen LogP contribution in [0.5, 0.6) is 0 Å². The number of carboxylic acids is 1. The molecule has 0 saturated heterocycles. The molecule has 1 fully saturated rings. The van der Waals surface area contributed by atoms with Gasteiger partial charge in [0.2, 0.25) is 0 Å². The van der Waals surface area contributed by atoms with Gasteiger partial charge in [0.25, 0.3) is 0 Å². The van der Waals surface area contributed by atoms with Gasteiger partial charge in [0.05, 0.1) is 17.7 Å². The molecule has 116 valence electrons.